The van der Waals surface area contributed by atoms with Crippen molar-refractivity contribution in [1.82, 2.24) is 5.32 Å². The zero-order valence-corrected chi connectivity index (χ0v) is 18.8. The average Bonchev–Trinajstić information content (AvgIpc) is 2.77. The highest BCUT2D eigenvalue weighted by Gasteiger charge is 2.47. The SMILES string of the molecule is CCOC(=O)C1=C(C)NC2=C(C(=O)[C@H](C(=O)OC)[C@H](C)C2)[C@H]1c1ccc(C(=O)OC)cc1. The fourth-order valence-corrected chi connectivity index (χ4v) is 4.42. The molecule has 0 saturated heterocycles. The third-order valence-corrected chi connectivity index (χ3v) is 5.90. The Morgan fingerprint density at radius 1 is 1.06 bits per heavy atom. The first-order valence-corrected chi connectivity index (χ1v) is 10.4. The number of ether oxygens (including phenoxy) is 3. The van der Waals surface area contributed by atoms with E-state index in [1.807, 2.05) is 6.92 Å². The first-order valence-electron chi connectivity index (χ1n) is 10.4. The van der Waals surface area contributed by atoms with Crippen molar-refractivity contribution in [2.24, 2.45) is 11.8 Å². The van der Waals surface area contributed by atoms with Crippen LogP contribution in [0.25, 0.3) is 0 Å². The van der Waals surface area contributed by atoms with E-state index in [1.54, 1.807) is 38.1 Å². The molecule has 8 heteroatoms. The van der Waals surface area contributed by atoms with Crippen molar-refractivity contribution >= 4 is 23.7 Å². The largest absolute Gasteiger partial charge is 0.468 e. The van der Waals surface area contributed by atoms with E-state index in [4.69, 9.17) is 14.2 Å². The summed E-state index contributed by atoms with van der Waals surface area (Å²) >= 11 is 0. The Labute approximate surface area is 186 Å². The number of carbonyl (C=O) groups excluding carboxylic acids is 4. The van der Waals surface area contributed by atoms with Crippen molar-refractivity contribution in [1.29, 1.82) is 0 Å². The first-order chi connectivity index (χ1) is 15.2. The van der Waals surface area contributed by atoms with Crippen LogP contribution < -0.4 is 5.32 Å². The molecule has 170 valence electrons. The number of nitrogens with one attached hydrogen (secondary N) is 1. The molecule has 2 aliphatic rings. The van der Waals surface area contributed by atoms with E-state index in [0.717, 1.165) is 0 Å². The van der Waals surface area contributed by atoms with Crippen molar-refractivity contribution in [3.05, 3.63) is 57.9 Å². The quantitative estimate of drug-likeness (QED) is 0.422. The van der Waals surface area contributed by atoms with Crippen LogP contribution in [0.5, 0.6) is 0 Å². The van der Waals surface area contributed by atoms with Crippen molar-refractivity contribution in [2.75, 3.05) is 20.8 Å². The number of benzene rings is 1. The topological polar surface area (TPSA) is 108 Å². The lowest BCUT2D eigenvalue weighted by atomic mass is 9.69. The molecular weight excluding hydrogens is 414 g/mol. The molecule has 0 bridgehead atoms. The molecule has 3 atom stereocenters. The maximum atomic E-state index is 13.6. The number of carbonyl (C=O) groups is 4. The van der Waals surface area contributed by atoms with Crippen LogP contribution in [0.3, 0.4) is 0 Å². The Morgan fingerprint density at radius 3 is 2.28 bits per heavy atom. The van der Waals surface area contributed by atoms with Gasteiger partial charge in [0.15, 0.2) is 5.78 Å². The van der Waals surface area contributed by atoms with E-state index in [-0.39, 0.29) is 18.3 Å². The highest BCUT2D eigenvalue weighted by Crippen LogP contribution is 2.45. The van der Waals surface area contributed by atoms with Gasteiger partial charge in [0.25, 0.3) is 0 Å². The molecule has 1 aliphatic heterocycles. The molecule has 0 spiro atoms. The number of hydrogen-bond acceptors (Lipinski definition) is 8. The normalized spacial score (nSPS) is 22.7. The molecule has 1 heterocycles. The van der Waals surface area contributed by atoms with Crippen molar-refractivity contribution in [3.8, 4) is 0 Å². The summed E-state index contributed by atoms with van der Waals surface area (Å²) in [5, 5.41) is 3.20. The number of allylic oxidation sites excluding steroid dienone is 3. The van der Waals surface area contributed by atoms with Gasteiger partial charge in [-0.15, -0.1) is 0 Å². The maximum Gasteiger partial charge on any atom is 0.337 e. The third-order valence-electron chi connectivity index (χ3n) is 5.90. The second-order valence-electron chi connectivity index (χ2n) is 7.87. The Morgan fingerprint density at radius 2 is 1.72 bits per heavy atom. The zero-order chi connectivity index (χ0) is 23.6. The molecular formula is C24H27NO7. The lowest BCUT2D eigenvalue weighted by Crippen LogP contribution is -2.43. The monoisotopic (exact) mass is 441 g/mol. The summed E-state index contributed by atoms with van der Waals surface area (Å²) < 4.78 is 14.9. The molecule has 0 saturated carbocycles. The van der Waals surface area contributed by atoms with Gasteiger partial charge in [-0.1, -0.05) is 19.1 Å². The van der Waals surface area contributed by atoms with Crippen LogP contribution in [0.15, 0.2) is 46.8 Å². The molecule has 3 rings (SSSR count). The van der Waals surface area contributed by atoms with Gasteiger partial charge in [0.05, 0.1) is 32.0 Å². The predicted molar refractivity (Wildman–Crippen MR) is 114 cm³/mol. The van der Waals surface area contributed by atoms with E-state index < -0.39 is 29.7 Å². The summed E-state index contributed by atoms with van der Waals surface area (Å²) in [5.41, 5.74) is 2.87. The lowest BCUT2D eigenvalue weighted by Gasteiger charge is -2.38. The maximum absolute atomic E-state index is 13.6. The minimum absolute atomic E-state index is 0.172. The van der Waals surface area contributed by atoms with Crippen molar-refractivity contribution in [2.45, 2.75) is 33.1 Å². The van der Waals surface area contributed by atoms with Crippen molar-refractivity contribution < 1.29 is 33.4 Å². The average molecular weight is 441 g/mol. The number of methoxy groups -OCH3 is 2. The van der Waals surface area contributed by atoms with Gasteiger partial charge >= 0.3 is 17.9 Å². The van der Waals surface area contributed by atoms with Crippen LogP contribution >= 0.6 is 0 Å². The highest BCUT2D eigenvalue weighted by molar-refractivity contribution is 6.12. The van der Waals surface area contributed by atoms with Gasteiger partial charge in [0.2, 0.25) is 0 Å². The Kier molecular flexibility index (Phi) is 6.81. The van der Waals surface area contributed by atoms with Crippen LogP contribution in [0.1, 0.15) is 49.0 Å². The fraction of sp³-hybridized carbons (Fsp3) is 0.417. The van der Waals surface area contributed by atoms with E-state index in [9.17, 15) is 19.2 Å². The second-order valence-corrected chi connectivity index (χ2v) is 7.87. The molecule has 1 N–H and O–H groups in total. The zero-order valence-electron chi connectivity index (χ0n) is 18.8. The highest BCUT2D eigenvalue weighted by atomic mass is 16.5. The molecule has 0 fully saturated rings. The Hall–Kier alpha value is -3.42. The van der Waals surface area contributed by atoms with E-state index in [1.165, 1.54) is 14.2 Å². The molecule has 8 nitrogen and oxygen atoms in total. The summed E-state index contributed by atoms with van der Waals surface area (Å²) in [6.07, 6.45) is 0.449. The standard InChI is InChI=1S/C24H27NO7/c1-6-32-24(29)18-13(3)25-16-11-12(2)17(23(28)31-5)21(26)20(16)19(18)14-7-9-15(10-8-14)22(27)30-4/h7-10,12,17,19,25H,6,11H2,1-5H3/t12-,17-,19+/m1/s1. The number of esters is 3. The van der Waals surface area contributed by atoms with Crippen molar-refractivity contribution in [3.63, 3.8) is 0 Å². The number of Topliss-reactive ketones (excluding diaryl/α,β-unsaturated/α-hetero) is 1. The minimum Gasteiger partial charge on any atom is -0.468 e. The summed E-state index contributed by atoms with van der Waals surface area (Å²) in [6.45, 7) is 5.46. The number of ketones is 1. The number of rotatable bonds is 5. The first kappa shape index (κ1) is 23.2. The lowest BCUT2D eigenvalue weighted by molar-refractivity contribution is -0.151. The predicted octanol–water partition coefficient (Wildman–Crippen LogP) is 2.65. The van der Waals surface area contributed by atoms with Crippen LogP contribution in [0.4, 0.5) is 0 Å². The van der Waals surface area contributed by atoms with Gasteiger partial charge in [0.1, 0.15) is 5.92 Å². The molecule has 32 heavy (non-hydrogen) atoms. The summed E-state index contributed by atoms with van der Waals surface area (Å²) in [4.78, 5) is 50.7. The van der Waals surface area contributed by atoms with Gasteiger partial charge in [-0.25, -0.2) is 9.59 Å². The van der Waals surface area contributed by atoms with Gasteiger partial charge in [0, 0.05) is 22.9 Å². The molecule has 1 aliphatic carbocycles. The third kappa shape index (κ3) is 4.04. The summed E-state index contributed by atoms with van der Waals surface area (Å²) in [7, 11) is 2.54. The van der Waals surface area contributed by atoms with Gasteiger partial charge in [-0.2, -0.15) is 0 Å². The van der Waals surface area contributed by atoms with Gasteiger partial charge in [-0.3, -0.25) is 9.59 Å². The second kappa shape index (κ2) is 9.38. The van der Waals surface area contributed by atoms with E-state index in [0.29, 0.717) is 40.1 Å². The smallest absolute Gasteiger partial charge is 0.337 e. The molecule has 0 amide bonds. The summed E-state index contributed by atoms with van der Waals surface area (Å²) in [5.74, 6) is -3.99. The summed E-state index contributed by atoms with van der Waals surface area (Å²) in [6, 6.07) is 6.51. The number of hydrogen-bond donors (Lipinski definition) is 1. The van der Waals surface area contributed by atoms with E-state index in [2.05, 4.69) is 5.32 Å². The van der Waals surface area contributed by atoms with E-state index >= 15 is 0 Å². The van der Waals surface area contributed by atoms with Gasteiger partial charge in [-0.05, 0) is 43.9 Å². The molecule has 1 aromatic carbocycles. The number of dihydropyridines is 1. The Balaban J connectivity index is 2.17. The van der Waals surface area contributed by atoms with Crippen LogP contribution in [0.2, 0.25) is 0 Å². The van der Waals surface area contributed by atoms with Gasteiger partial charge < -0.3 is 19.5 Å². The molecule has 1 aromatic rings. The molecule has 0 radical (unpaired) electrons. The minimum atomic E-state index is -0.959. The van der Waals surface area contributed by atoms with Crippen LogP contribution in [-0.4, -0.2) is 44.5 Å². The van der Waals surface area contributed by atoms with Crippen LogP contribution in [0, 0.1) is 11.8 Å². The van der Waals surface area contributed by atoms with Crippen LogP contribution in [-0.2, 0) is 28.6 Å². The fourth-order valence-electron chi connectivity index (χ4n) is 4.42. The molecule has 0 unspecified atom stereocenters. The molecule has 0 aromatic heterocycles. The Bertz CT molecular complexity index is 1020.